The zero-order valence-electron chi connectivity index (χ0n) is 16.0. The van der Waals surface area contributed by atoms with Crippen molar-refractivity contribution in [3.8, 4) is 17.2 Å². The molecule has 0 bridgehead atoms. The predicted octanol–water partition coefficient (Wildman–Crippen LogP) is 4.39. The van der Waals surface area contributed by atoms with Crippen LogP contribution in [0.4, 0.5) is 0 Å². The first kappa shape index (κ1) is 19.5. The first-order valence-electron chi connectivity index (χ1n) is 9.47. The Hall–Kier alpha value is -3.84. The number of nitrogens with one attached hydrogen (secondary N) is 1. The number of nitrogens with zero attached hydrogens (tertiary/aromatic N) is 1. The normalized spacial score (nSPS) is 15.2. The highest BCUT2D eigenvalue weighted by Crippen LogP contribution is 2.28. The van der Waals surface area contributed by atoms with Crippen molar-refractivity contribution in [3.63, 3.8) is 0 Å². The van der Waals surface area contributed by atoms with Crippen molar-refractivity contribution in [3.05, 3.63) is 96.1 Å². The molecule has 2 N–H and O–H groups in total. The third-order valence-corrected chi connectivity index (χ3v) is 4.40. The summed E-state index contributed by atoms with van der Waals surface area (Å²) >= 11 is 0. The van der Waals surface area contributed by atoms with Gasteiger partial charge in [0.1, 0.15) is 23.4 Å². The van der Waals surface area contributed by atoms with E-state index in [9.17, 15) is 4.79 Å². The minimum atomic E-state index is -0.847. The number of aryl methyl sites for hydroxylation is 1. The molecule has 7 heteroatoms. The first-order valence-corrected chi connectivity index (χ1v) is 9.47. The van der Waals surface area contributed by atoms with Crippen LogP contribution >= 0.6 is 0 Å². The van der Waals surface area contributed by atoms with Gasteiger partial charge >= 0.3 is 5.97 Å². The highest BCUT2D eigenvalue weighted by molar-refractivity contribution is 5.66. The van der Waals surface area contributed by atoms with Crippen LogP contribution in [0.3, 0.4) is 0 Å². The highest BCUT2D eigenvalue weighted by Gasteiger charge is 2.20. The molecule has 0 saturated heterocycles. The Balaban J connectivity index is 1.34. The quantitative estimate of drug-likeness (QED) is 0.575. The smallest absolute Gasteiger partial charge is 0.303 e. The van der Waals surface area contributed by atoms with Crippen LogP contribution in [-0.4, -0.2) is 16.1 Å². The zero-order valence-corrected chi connectivity index (χ0v) is 16.0. The van der Waals surface area contributed by atoms with Crippen molar-refractivity contribution in [1.29, 1.82) is 0 Å². The Morgan fingerprint density at radius 3 is 2.40 bits per heavy atom. The molecule has 152 valence electrons. The van der Waals surface area contributed by atoms with Gasteiger partial charge in [0.05, 0.1) is 12.6 Å². The van der Waals surface area contributed by atoms with E-state index in [1.807, 2.05) is 60.7 Å². The maximum Gasteiger partial charge on any atom is 0.303 e. The summed E-state index contributed by atoms with van der Waals surface area (Å²) in [6.45, 7) is 0. The van der Waals surface area contributed by atoms with Crippen molar-refractivity contribution < 1.29 is 24.2 Å². The number of hydroxylamine groups is 1. The molecular weight excluding hydrogens is 384 g/mol. The Morgan fingerprint density at radius 2 is 1.70 bits per heavy atom. The van der Waals surface area contributed by atoms with Gasteiger partial charge in [0.2, 0.25) is 5.88 Å². The first-order chi connectivity index (χ1) is 14.7. The van der Waals surface area contributed by atoms with Crippen LogP contribution in [0.5, 0.6) is 17.2 Å². The molecule has 3 aromatic rings. The molecule has 0 amide bonds. The lowest BCUT2D eigenvalue weighted by atomic mass is 10.1. The molecular formula is C23H20N2O5. The largest absolute Gasteiger partial charge is 0.481 e. The SMILES string of the molecule is O=C(O)CCc1ccc(OC2=C[C@H](c3ccc(Oc4ccccc4)cc3)ON2)cn1. The second-order valence-corrected chi connectivity index (χ2v) is 6.64. The standard InChI is InChI=1S/C23H20N2O5/c26-23(27)13-9-17-8-12-20(15-24-17)29-22-14-21(30-25-22)16-6-10-19(11-7-16)28-18-4-2-1-3-5-18/h1-8,10-12,14-15,21,25H,9,13H2,(H,26,27)/t21-/m1/s1. The molecule has 2 heterocycles. The average Bonchev–Trinajstić information content (AvgIpc) is 3.23. The van der Waals surface area contributed by atoms with Gasteiger partial charge in [-0.3, -0.25) is 14.6 Å². The van der Waals surface area contributed by atoms with Gasteiger partial charge in [-0.2, -0.15) is 0 Å². The highest BCUT2D eigenvalue weighted by atomic mass is 16.7. The van der Waals surface area contributed by atoms with Gasteiger partial charge < -0.3 is 14.6 Å². The summed E-state index contributed by atoms with van der Waals surface area (Å²) in [5.41, 5.74) is 4.41. The molecule has 7 nitrogen and oxygen atoms in total. The van der Waals surface area contributed by atoms with E-state index in [0.29, 0.717) is 23.7 Å². The Bertz CT molecular complexity index is 1020. The number of hydrogen-bond acceptors (Lipinski definition) is 6. The summed E-state index contributed by atoms with van der Waals surface area (Å²) in [7, 11) is 0. The Morgan fingerprint density at radius 1 is 0.967 bits per heavy atom. The third-order valence-electron chi connectivity index (χ3n) is 4.40. The summed E-state index contributed by atoms with van der Waals surface area (Å²) in [6.07, 6.45) is 3.51. The van der Waals surface area contributed by atoms with E-state index in [1.54, 1.807) is 18.3 Å². The minimum Gasteiger partial charge on any atom is -0.481 e. The number of rotatable bonds is 8. The number of aliphatic carboxylic acids is 1. The molecule has 0 fully saturated rings. The summed E-state index contributed by atoms with van der Waals surface area (Å²) in [4.78, 5) is 20.4. The van der Waals surface area contributed by atoms with Crippen molar-refractivity contribution in [1.82, 2.24) is 10.5 Å². The van der Waals surface area contributed by atoms with Crippen LogP contribution in [0, 0.1) is 0 Å². The summed E-state index contributed by atoms with van der Waals surface area (Å²) < 4.78 is 11.5. The van der Waals surface area contributed by atoms with E-state index in [-0.39, 0.29) is 12.5 Å². The Kier molecular flexibility index (Phi) is 5.91. The topological polar surface area (TPSA) is 89.9 Å². The Labute approximate surface area is 173 Å². The van der Waals surface area contributed by atoms with Crippen molar-refractivity contribution >= 4 is 5.97 Å². The van der Waals surface area contributed by atoms with E-state index in [1.165, 1.54) is 0 Å². The van der Waals surface area contributed by atoms with E-state index in [2.05, 4.69) is 10.5 Å². The summed E-state index contributed by atoms with van der Waals surface area (Å²) in [6, 6.07) is 20.7. The van der Waals surface area contributed by atoms with E-state index in [0.717, 1.165) is 17.1 Å². The van der Waals surface area contributed by atoms with Crippen molar-refractivity contribution in [2.45, 2.75) is 18.9 Å². The lowest BCUT2D eigenvalue weighted by Gasteiger charge is -2.09. The van der Waals surface area contributed by atoms with Crippen LogP contribution in [0.1, 0.15) is 23.8 Å². The molecule has 1 aromatic heterocycles. The lowest BCUT2D eigenvalue weighted by Crippen LogP contribution is -2.12. The van der Waals surface area contributed by atoms with Crippen LogP contribution in [0.2, 0.25) is 0 Å². The number of para-hydroxylation sites is 1. The summed E-state index contributed by atoms with van der Waals surface area (Å²) in [5.74, 6) is 1.67. The minimum absolute atomic E-state index is 0.0462. The maximum absolute atomic E-state index is 10.6. The third kappa shape index (κ3) is 5.15. The fraction of sp³-hybridized carbons (Fsp3) is 0.130. The van der Waals surface area contributed by atoms with Crippen LogP contribution in [0.25, 0.3) is 0 Å². The number of carbonyl (C=O) groups is 1. The number of hydrogen-bond donors (Lipinski definition) is 2. The predicted molar refractivity (Wildman–Crippen MR) is 109 cm³/mol. The number of ether oxygens (including phenoxy) is 2. The fourth-order valence-electron chi connectivity index (χ4n) is 2.88. The second-order valence-electron chi connectivity index (χ2n) is 6.64. The van der Waals surface area contributed by atoms with Gasteiger partial charge in [-0.25, -0.2) is 5.48 Å². The van der Waals surface area contributed by atoms with E-state index < -0.39 is 5.97 Å². The van der Waals surface area contributed by atoms with E-state index >= 15 is 0 Å². The maximum atomic E-state index is 10.6. The molecule has 4 rings (SSSR count). The molecule has 1 aliphatic rings. The van der Waals surface area contributed by atoms with Gasteiger partial charge in [0.15, 0.2) is 0 Å². The molecule has 0 aliphatic carbocycles. The zero-order chi connectivity index (χ0) is 20.8. The molecule has 0 saturated carbocycles. The van der Waals surface area contributed by atoms with Gasteiger partial charge in [0.25, 0.3) is 0 Å². The fourth-order valence-corrected chi connectivity index (χ4v) is 2.88. The lowest BCUT2D eigenvalue weighted by molar-refractivity contribution is -0.136. The number of benzene rings is 2. The second kappa shape index (κ2) is 9.11. The molecule has 0 unspecified atom stereocenters. The van der Waals surface area contributed by atoms with Crippen LogP contribution < -0.4 is 15.0 Å². The van der Waals surface area contributed by atoms with Gasteiger partial charge in [-0.15, -0.1) is 0 Å². The van der Waals surface area contributed by atoms with E-state index in [4.69, 9.17) is 19.4 Å². The number of aromatic nitrogens is 1. The molecule has 0 spiro atoms. The van der Waals surface area contributed by atoms with Crippen LogP contribution in [0.15, 0.2) is 84.9 Å². The number of pyridine rings is 1. The van der Waals surface area contributed by atoms with Crippen molar-refractivity contribution in [2.24, 2.45) is 0 Å². The number of carboxylic acid groups (broad SMARTS) is 1. The molecule has 1 atom stereocenters. The molecule has 0 radical (unpaired) electrons. The monoisotopic (exact) mass is 404 g/mol. The average molecular weight is 404 g/mol. The van der Waals surface area contributed by atoms with Gasteiger partial charge in [0, 0.05) is 18.2 Å². The molecule has 2 aromatic carbocycles. The van der Waals surface area contributed by atoms with Crippen LogP contribution in [-0.2, 0) is 16.1 Å². The summed E-state index contributed by atoms with van der Waals surface area (Å²) in [5, 5.41) is 8.73. The number of carboxylic acids is 1. The van der Waals surface area contributed by atoms with Crippen molar-refractivity contribution in [2.75, 3.05) is 0 Å². The van der Waals surface area contributed by atoms with Gasteiger partial charge in [-0.05, 0) is 42.0 Å². The molecule has 30 heavy (non-hydrogen) atoms. The van der Waals surface area contributed by atoms with Gasteiger partial charge in [-0.1, -0.05) is 30.3 Å². The molecule has 1 aliphatic heterocycles.